The molecule has 3 aromatic rings. The van der Waals surface area contributed by atoms with E-state index in [1.54, 1.807) is 6.26 Å². The van der Waals surface area contributed by atoms with Gasteiger partial charge in [-0.2, -0.15) is 0 Å². The first-order valence-electron chi connectivity index (χ1n) is 10.2. The third-order valence-electron chi connectivity index (χ3n) is 5.03. The van der Waals surface area contributed by atoms with Gasteiger partial charge in [0, 0.05) is 30.6 Å². The lowest BCUT2D eigenvalue weighted by Crippen LogP contribution is -2.26. The van der Waals surface area contributed by atoms with Crippen molar-refractivity contribution in [1.29, 1.82) is 0 Å². The molecule has 0 saturated carbocycles. The maximum atomic E-state index is 12.4. The van der Waals surface area contributed by atoms with Crippen LogP contribution in [0.15, 0.2) is 59.2 Å². The summed E-state index contributed by atoms with van der Waals surface area (Å²) in [7, 11) is 0. The van der Waals surface area contributed by atoms with E-state index in [0.29, 0.717) is 24.4 Å². The number of amides is 1. The van der Waals surface area contributed by atoms with Crippen LogP contribution < -0.4 is 5.32 Å². The van der Waals surface area contributed by atoms with E-state index in [-0.39, 0.29) is 5.91 Å². The van der Waals surface area contributed by atoms with Gasteiger partial charge in [-0.05, 0) is 49.8 Å². The van der Waals surface area contributed by atoms with Gasteiger partial charge >= 0.3 is 0 Å². The molecule has 0 radical (unpaired) electrons. The number of nitrogens with zero attached hydrogens (tertiary/aromatic N) is 2. The molecule has 0 aliphatic heterocycles. The number of carbonyl (C=O) groups is 1. The Morgan fingerprint density at radius 3 is 2.38 bits per heavy atom. The van der Waals surface area contributed by atoms with Gasteiger partial charge in [-0.15, -0.1) is 0 Å². The fraction of sp³-hybridized carbons (Fsp3) is 0.333. The number of nitrogens with one attached hydrogen (secondary N) is 1. The third-order valence-corrected chi connectivity index (χ3v) is 5.03. The first-order valence-corrected chi connectivity index (χ1v) is 10.2. The third kappa shape index (κ3) is 5.78. The Labute approximate surface area is 172 Å². The lowest BCUT2D eigenvalue weighted by atomic mass is 10.1. The Bertz CT molecular complexity index is 910. The zero-order chi connectivity index (χ0) is 20.6. The molecule has 1 amide bonds. The van der Waals surface area contributed by atoms with Gasteiger partial charge in [0.2, 0.25) is 5.89 Å². The Morgan fingerprint density at radius 1 is 1.03 bits per heavy atom. The van der Waals surface area contributed by atoms with Gasteiger partial charge in [-0.1, -0.05) is 43.7 Å². The Hall–Kier alpha value is -2.92. The molecular weight excluding hydrogens is 362 g/mol. The minimum Gasteiger partial charge on any atom is -0.444 e. The van der Waals surface area contributed by atoms with Crippen molar-refractivity contribution in [2.24, 2.45) is 0 Å². The lowest BCUT2D eigenvalue weighted by molar-refractivity contribution is 0.0954. The monoisotopic (exact) mass is 391 g/mol. The number of hydrogen-bond donors (Lipinski definition) is 1. The number of aryl methyl sites for hydroxylation is 1. The van der Waals surface area contributed by atoms with Crippen molar-refractivity contribution in [2.75, 3.05) is 19.6 Å². The van der Waals surface area contributed by atoms with Gasteiger partial charge in [0.15, 0.2) is 0 Å². The molecular formula is C24H29N3O2. The molecule has 0 aliphatic carbocycles. The average Bonchev–Trinajstić information content (AvgIpc) is 3.21. The summed E-state index contributed by atoms with van der Waals surface area (Å²) in [5.74, 6) is 0.539. The zero-order valence-corrected chi connectivity index (χ0v) is 17.4. The standard InChI is InChI=1S/C24H29N3O2/c1-4-27(5-2)16-19-8-12-20(13-9-19)23(28)25-15-14-22-17-29-24(26-22)21-10-6-18(3)7-11-21/h6-13,17H,4-5,14-16H2,1-3H3,(H,25,28). The maximum absolute atomic E-state index is 12.4. The molecule has 5 nitrogen and oxygen atoms in total. The molecule has 1 aromatic heterocycles. The van der Waals surface area contributed by atoms with Crippen molar-refractivity contribution in [1.82, 2.24) is 15.2 Å². The predicted octanol–water partition coefficient (Wildman–Crippen LogP) is 4.46. The summed E-state index contributed by atoms with van der Waals surface area (Å²) < 4.78 is 5.57. The molecule has 0 fully saturated rings. The molecule has 0 spiro atoms. The molecule has 5 heteroatoms. The van der Waals surface area contributed by atoms with Crippen LogP contribution in [0.1, 0.15) is 41.0 Å². The highest BCUT2D eigenvalue weighted by Crippen LogP contribution is 2.19. The lowest BCUT2D eigenvalue weighted by Gasteiger charge is -2.18. The number of carbonyl (C=O) groups excluding carboxylic acids is 1. The van der Waals surface area contributed by atoms with Crippen molar-refractivity contribution >= 4 is 5.91 Å². The number of hydrogen-bond acceptors (Lipinski definition) is 4. The molecule has 2 aromatic carbocycles. The van der Waals surface area contributed by atoms with E-state index in [0.717, 1.165) is 30.9 Å². The van der Waals surface area contributed by atoms with Crippen LogP contribution in [-0.4, -0.2) is 35.4 Å². The van der Waals surface area contributed by atoms with Gasteiger partial charge in [-0.25, -0.2) is 4.98 Å². The van der Waals surface area contributed by atoms with Crippen LogP contribution in [-0.2, 0) is 13.0 Å². The van der Waals surface area contributed by atoms with Crippen LogP contribution in [0.5, 0.6) is 0 Å². The smallest absolute Gasteiger partial charge is 0.251 e. The van der Waals surface area contributed by atoms with Gasteiger partial charge < -0.3 is 9.73 Å². The van der Waals surface area contributed by atoms with E-state index in [9.17, 15) is 4.79 Å². The molecule has 29 heavy (non-hydrogen) atoms. The number of rotatable bonds is 9. The Kier molecular flexibility index (Phi) is 7.19. The fourth-order valence-corrected chi connectivity index (χ4v) is 3.12. The van der Waals surface area contributed by atoms with Crippen LogP contribution >= 0.6 is 0 Å². The normalized spacial score (nSPS) is 11.0. The van der Waals surface area contributed by atoms with Gasteiger partial charge in [0.25, 0.3) is 5.91 Å². The first-order chi connectivity index (χ1) is 14.1. The topological polar surface area (TPSA) is 58.4 Å². The summed E-state index contributed by atoms with van der Waals surface area (Å²) in [6.45, 7) is 9.82. The summed E-state index contributed by atoms with van der Waals surface area (Å²) in [6.07, 6.45) is 2.28. The summed E-state index contributed by atoms with van der Waals surface area (Å²) in [4.78, 5) is 19.2. The van der Waals surface area contributed by atoms with Crippen molar-refractivity contribution in [2.45, 2.75) is 33.7 Å². The minimum absolute atomic E-state index is 0.0679. The SMILES string of the molecule is CCN(CC)Cc1ccc(C(=O)NCCc2coc(-c3ccc(C)cc3)n2)cc1. The molecule has 0 aliphatic rings. The summed E-state index contributed by atoms with van der Waals surface area (Å²) in [5, 5.41) is 2.96. The summed E-state index contributed by atoms with van der Waals surface area (Å²) in [5.41, 5.74) is 4.88. The molecule has 1 N–H and O–H groups in total. The van der Waals surface area contributed by atoms with E-state index in [1.165, 1.54) is 11.1 Å². The predicted molar refractivity (Wildman–Crippen MR) is 116 cm³/mol. The van der Waals surface area contributed by atoms with E-state index in [4.69, 9.17) is 4.42 Å². The average molecular weight is 392 g/mol. The van der Waals surface area contributed by atoms with E-state index < -0.39 is 0 Å². The fourth-order valence-electron chi connectivity index (χ4n) is 3.12. The van der Waals surface area contributed by atoms with Crippen molar-refractivity contribution < 1.29 is 9.21 Å². The van der Waals surface area contributed by atoms with Crippen molar-refractivity contribution in [3.63, 3.8) is 0 Å². The second-order valence-corrected chi connectivity index (χ2v) is 7.17. The largest absolute Gasteiger partial charge is 0.444 e. The minimum atomic E-state index is -0.0679. The molecule has 152 valence electrons. The second kappa shape index (κ2) is 10.0. The van der Waals surface area contributed by atoms with E-state index >= 15 is 0 Å². The first kappa shape index (κ1) is 20.8. The number of benzene rings is 2. The molecule has 1 heterocycles. The summed E-state index contributed by atoms with van der Waals surface area (Å²) >= 11 is 0. The Morgan fingerprint density at radius 2 is 1.72 bits per heavy atom. The molecule has 3 rings (SSSR count). The zero-order valence-electron chi connectivity index (χ0n) is 17.4. The van der Waals surface area contributed by atoms with Crippen LogP contribution in [0.25, 0.3) is 11.5 Å². The highest BCUT2D eigenvalue weighted by molar-refractivity contribution is 5.94. The highest BCUT2D eigenvalue weighted by Gasteiger charge is 2.09. The summed E-state index contributed by atoms with van der Waals surface area (Å²) in [6, 6.07) is 15.9. The maximum Gasteiger partial charge on any atom is 0.251 e. The van der Waals surface area contributed by atoms with Crippen LogP contribution in [0, 0.1) is 6.92 Å². The molecule has 0 saturated heterocycles. The van der Waals surface area contributed by atoms with Gasteiger partial charge in [0.05, 0.1) is 5.69 Å². The number of aromatic nitrogens is 1. The van der Waals surface area contributed by atoms with Crippen molar-refractivity contribution in [3.05, 3.63) is 77.2 Å². The quantitative estimate of drug-likeness (QED) is 0.585. The van der Waals surface area contributed by atoms with Gasteiger partial charge in [-0.3, -0.25) is 9.69 Å². The number of oxazole rings is 1. The van der Waals surface area contributed by atoms with E-state index in [1.807, 2.05) is 55.5 Å². The van der Waals surface area contributed by atoms with Crippen LogP contribution in [0.2, 0.25) is 0 Å². The van der Waals surface area contributed by atoms with Gasteiger partial charge in [0.1, 0.15) is 6.26 Å². The molecule has 0 atom stereocenters. The van der Waals surface area contributed by atoms with Crippen molar-refractivity contribution in [3.8, 4) is 11.5 Å². The highest BCUT2D eigenvalue weighted by atomic mass is 16.3. The molecule has 0 bridgehead atoms. The van der Waals surface area contributed by atoms with E-state index in [2.05, 4.69) is 29.0 Å². The van der Waals surface area contributed by atoms with Crippen LogP contribution in [0.4, 0.5) is 0 Å². The Balaban J connectivity index is 1.49. The molecule has 0 unspecified atom stereocenters. The van der Waals surface area contributed by atoms with Crippen LogP contribution in [0.3, 0.4) is 0 Å². The second-order valence-electron chi connectivity index (χ2n) is 7.17.